The highest BCUT2D eigenvalue weighted by Gasteiger charge is 2.32. The van der Waals surface area contributed by atoms with Crippen molar-refractivity contribution in [3.05, 3.63) is 78.4 Å². The lowest BCUT2D eigenvalue weighted by molar-refractivity contribution is -0.165. The molecule has 28 heavy (non-hydrogen) atoms. The van der Waals surface area contributed by atoms with E-state index < -0.39 is 12.1 Å². The minimum atomic E-state index is -0.750. The van der Waals surface area contributed by atoms with Gasteiger partial charge in [0.15, 0.2) is 6.10 Å². The molecule has 0 amide bonds. The van der Waals surface area contributed by atoms with Crippen LogP contribution in [0.5, 0.6) is 5.75 Å². The van der Waals surface area contributed by atoms with Crippen LogP contribution < -0.4 is 0 Å². The second kappa shape index (κ2) is 9.04. The maximum atomic E-state index is 11.9. The van der Waals surface area contributed by atoms with Crippen LogP contribution in [-0.4, -0.2) is 23.1 Å². The number of rotatable bonds is 3. The van der Waals surface area contributed by atoms with Crippen LogP contribution >= 0.6 is 0 Å². The third kappa shape index (κ3) is 5.10. The molecule has 1 saturated heterocycles. The van der Waals surface area contributed by atoms with E-state index in [2.05, 4.69) is 0 Å². The number of hydrogen-bond acceptors (Lipinski definition) is 5. The van der Waals surface area contributed by atoms with Crippen molar-refractivity contribution in [2.75, 3.05) is 0 Å². The molecule has 1 heterocycles. The maximum Gasteiger partial charge on any atom is 0.348 e. The topological polar surface area (TPSA) is 72.8 Å². The molecule has 1 aliphatic rings. The zero-order valence-corrected chi connectivity index (χ0v) is 15.6. The van der Waals surface area contributed by atoms with E-state index in [1.165, 1.54) is 0 Å². The molecule has 0 radical (unpaired) electrons. The Morgan fingerprint density at radius 3 is 2.32 bits per heavy atom. The Labute approximate surface area is 163 Å². The lowest BCUT2D eigenvalue weighted by atomic mass is 10.0. The largest absolute Gasteiger partial charge is 0.508 e. The molecule has 1 N–H and O–H groups in total. The Morgan fingerprint density at radius 2 is 1.71 bits per heavy atom. The van der Waals surface area contributed by atoms with Gasteiger partial charge in [0.1, 0.15) is 11.9 Å². The summed E-state index contributed by atoms with van der Waals surface area (Å²) < 4.78 is 10.3. The van der Waals surface area contributed by atoms with Crippen molar-refractivity contribution < 1.29 is 24.2 Å². The standard InChI is InChI=1S/C17H16O4.C6H6O/c1-11(20-17(19)15-8-9-16(18)21-15)13-7-6-12-4-2-3-5-14(12)10-13;7-6-4-2-1-3-5-6/h2-7,10-11,15H,8-9H2,1H3;1-5,7H. The molecule has 3 aromatic rings. The van der Waals surface area contributed by atoms with Gasteiger partial charge in [0.05, 0.1) is 0 Å². The fourth-order valence-corrected chi connectivity index (χ4v) is 2.90. The number of esters is 2. The average Bonchev–Trinajstić information content (AvgIpc) is 3.15. The number of ether oxygens (including phenoxy) is 2. The highest BCUT2D eigenvalue weighted by Crippen LogP contribution is 2.24. The highest BCUT2D eigenvalue weighted by molar-refractivity contribution is 5.84. The number of carbonyl (C=O) groups excluding carboxylic acids is 2. The van der Waals surface area contributed by atoms with Crippen LogP contribution in [-0.2, 0) is 19.1 Å². The minimum absolute atomic E-state index is 0.282. The first-order valence-electron chi connectivity index (χ1n) is 9.15. The van der Waals surface area contributed by atoms with Gasteiger partial charge < -0.3 is 14.6 Å². The van der Waals surface area contributed by atoms with Gasteiger partial charge in [-0.1, -0.05) is 54.6 Å². The smallest absolute Gasteiger partial charge is 0.348 e. The lowest BCUT2D eigenvalue weighted by Gasteiger charge is -2.16. The summed E-state index contributed by atoms with van der Waals surface area (Å²) in [6, 6.07) is 22.7. The molecular formula is C23H22O5. The number of phenols is 1. The Morgan fingerprint density at radius 1 is 1.04 bits per heavy atom. The summed E-state index contributed by atoms with van der Waals surface area (Å²) in [6.07, 6.45) is -0.437. The van der Waals surface area contributed by atoms with Crippen molar-refractivity contribution >= 4 is 22.7 Å². The van der Waals surface area contributed by atoms with Gasteiger partial charge in [0.25, 0.3) is 0 Å². The molecule has 0 bridgehead atoms. The Hall–Kier alpha value is -3.34. The molecule has 1 aliphatic heterocycles. The van der Waals surface area contributed by atoms with Crippen molar-refractivity contribution in [1.29, 1.82) is 0 Å². The Balaban J connectivity index is 0.000000271. The highest BCUT2D eigenvalue weighted by atomic mass is 16.6. The normalized spacial score (nSPS) is 16.6. The van der Waals surface area contributed by atoms with Crippen LogP contribution in [0.15, 0.2) is 72.8 Å². The van der Waals surface area contributed by atoms with Crippen LogP contribution in [0.4, 0.5) is 0 Å². The number of hydrogen-bond donors (Lipinski definition) is 1. The first kappa shape index (κ1) is 19.4. The quantitative estimate of drug-likeness (QED) is 0.677. The second-order valence-corrected chi connectivity index (χ2v) is 6.54. The van der Waals surface area contributed by atoms with E-state index in [9.17, 15) is 9.59 Å². The van der Waals surface area contributed by atoms with Crippen molar-refractivity contribution in [1.82, 2.24) is 0 Å². The summed E-state index contributed by atoms with van der Waals surface area (Å²) in [6.45, 7) is 1.82. The lowest BCUT2D eigenvalue weighted by Crippen LogP contribution is -2.24. The molecule has 5 heteroatoms. The maximum absolute atomic E-state index is 11.9. The number of fused-ring (bicyclic) bond motifs is 1. The van der Waals surface area contributed by atoms with E-state index >= 15 is 0 Å². The first-order valence-corrected chi connectivity index (χ1v) is 9.15. The molecule has 4 rings (SSSR count). The Kier molecular flexibility index (Phi) is 6.27. The van der Waals surface area contributed by atoms with E-state index in [1.807, 2.05) is 55.5 Å². The van der Waals surface area contributed by atoms with Crippen LogP contribution in [0.3, 0.4) is 0 Å². The number of cyclic esters (lactones) is 1. The van der Waals surface area contributed by atoms with E-state index in [4.69, 9.17) is 14.6 Å². The number of aromatic hydroxyl groups is 1. The van der Waals surface area contributed by atoms with Gasteiger partial charge in [-0.05, 0) is 41.5 Å². The molecule has 2 unspecified atom stereocenters. The van der Waals surface area contributed by atoms with Crippen LogP contribution in [0, 0.1) is 0 Å². The van der Waals surface area contributed by atoms with Crippen molar-refractivity contribution in [3.8, 4) is 5.75 Å². The molecule has 0 saturated carbocycles. The molecule has 144 valence electrons. The van der Waals surface area contributed by atoms with E-state index in [0.717, 1.165) is 16.3 Å². The number of carbonyl (C=O) groups is 2. The first-order chi connectivity index (χ1) is 13.5. The SMILES string of the molecule is CC(OC(=O)C1CCC(=O)O1)c1ccc2ccccc2c1.Oc1ccccc1. The minimum Gasteiger partial charge on any atom is -0.508 e. The van der Waals surface area contributed by atoms with Crippen molar-refractivity contribution in [2.24, 2.45) is 0 Å². The summed E-state index contributed by atoms with van der Waals surface area (Å²) in [7, 11) is 0. The number of phenolic OH excluding ortho intramolecular Hbond substituents is 1. The summed E-state index contributed by atoms with van der Waals surface area (Å²) in [5, 5.41) is 10.9. The monoisotopic (exact) mass is 378 g/mol. The summed E-state index contributed by atoms with van der Waals surface area (Å²) in [5.74, 6) is -0.487. The predicted molar refractivity (Wildman–Crippen MR) is 106 cm³/mol. The van der Waals surface area contributed by atoms with E-state index in [0.29, 0.717) is 12.2 Å². The Bertz CT molecular complexity index is 951. The molecule has 5 nitrogen and oxygen atoms in total. The molecule has 0 spiro atoms. The molecule has 1 fully saturated rings. The average molecular weight is 378 g/mol. The van der Waals surface area contributed by atoms with Crippen molar-refractivity contribution in [3.63, 3.8) is 0 Å². The molecular weight excluding hydrogens is 356 g/mol. The van der Waals surface area contributed by atoms with E-state index in [1.54, 1.807) is 24.3 Å². The van der Waals surface area contributed by atoms with Crippen LogP contribution in [0.1, 0.15) is 31.4 Å². The van der Waals surface area contributed by atoms with Gasteiger partial charge in [-0.2, -0.15) is 0 Å². The third-order valence-corrected chi connectivity index (χ3v) is 4.44. The van der Waals surface area contributed by atoms with Gasteiger partial charge in [-0.25, -0.2) is 4.79 Å². The zero-order chi connectivity index (χ0) is 19.9. The number of benzene rings is 3. The van der Waals surface area contributed by atoms with Crippen LogP contribution in [0.2, 0.25) is 0 Å². The van der Waals surface area contributed by atoms with Crippen molar-refractivity contribution in [2.45, 2.75) is 32.0 Å². The second-order valence-electron chi connectivity index (χ2n) is 6.54. The third-order valence-electron chi connectivity index (χ3n) is 4.44. The molecule has 0 aromatic heterocycles. The fraction of sp³-hybridized carbons (Fsp3) is 0.217. The predicted octanol–water partition coefficient (Wildman–Crippen LogP) is 4.54. The van der Waals surface area contributed by atoms with Gasteiger partial charge in [0, 0.05) is 12.8 Å². The van der Waals surface area contributed by atoms with Gasteiger partial charge >= 0.3 is 11.9 Å². The molecule has 0 aliphatic carbocycles. The molecule has 3 aromatic carbocycles. The fourth-order valence-electron chi connectivity index (χ4n) is 2.90. The van der Waals surface area contributed by atoms with E-state index in [-0.39, 0.29) is 18.5 Å². The summed E-state index contributed by atoms with van der Waals surface area (Å²) in [4.78, 5) is 23.0. The summed E-state index contributed by atoms with van der Waals surface area (Å²) >= 11 is 0. The molecule has 2 atom stereocenters. The van der Waals surface area contributed by atoms with Crippen LogP contribution in [0.25, 0.3) is 10.8 Å². The number of para-hydroxylation sites is 1. The van der Waals surface area contributed by atoms with Gasteiger partial charge in [-0.15, -0.1) is 0 Å². The van der Waals surface area contributed by atoms with Gasteiger partial charge in [-0.3, -0.25) is 4.79 Å². The zero-order valence-electron chi connectivity index (χ0n) is 15.6. The summed E-state index contributed by atoms with van der Waals surface area (Å²) in [5.41, 5.74) is 0.923. The van der Waals surface area contributed by atoms with Gasteiger partial charge in [0.2, 0.25) is 0 Å².